The molecule has 0 rings (SSSR count). The van der Waals surface area contributed by atoms with Crippen molar-refractivity contribution >= 4 is 13.1 Å². The Balaban J connectivity index is 4.15. The Kier molecular flexibility index (Phi) is 3.43. The van der Waals surface area contributed by atoms with Crippen LogP contribution in [0, 0.1) is 11.3 Å². The van der Waals surface area contributed by atoms with Gasteiger partial charge in [-0.05, 0) is 0 Å². The summed E-state index contributed by atoms with van der Waals surface area (Å²) in [6.07, 6.45) is 0.613. The molecule has 0 spiro atoms. The lowest BCUT2D eigenvalue weighted by molar-refractivity contribution is -0.151. The van der Waals surface area contributed by atoms with Gasteiger partial charge in [-0.1, -0.05) is 6.92 Å². The molecular weight excluding hydrogens is 121 g/mol. The Morgan fingerprint density at radius 2 is 2.38 bits per heavy atom. The van der Waals surface area contributed by atoms with Crippen molar-refractivity contribution in [3.05, 3.63) is 0 Å². The Morgan fingerprint density at radius 1 is 1.88 bits per heavy atom. The molecule has 0 aromatic carbocycles. The molecule has 0 aliphatic rings. The van der Waals surface area contributed by atoms with Gasteiger partial charge in [0.25, 0.3) is 0 Å². The molecule has 0 aliphatic heterocycles. The average molecular weight is 129 g/mol. The van der Waals surface area contributed by atoms with Crippen LogP contribution in [0.1, 0.15) is 13.3 Å². The molecule has 1 atom stereocenters. The zero-order valence-electron chi connectivity index (χ0n) is 5.01. The van der Waals surface area contributed by atoms with Crippen LogP contribution in [-0.2, 0) is 0 Å². The summed E-state index contributed by atoms with van der Waals surface area (Å²) in [7, 11) is -1.36. The number of nitriles is 1. The smallest absolute Gasteiger partial charge is 0.192 e. The van der Waals surface area contributed by atoms with E-state index in [9.17, 15) is 4.89 Å². The normalized spacial score (nSPS) is 12.2. The van der Waals surface area contributed by atoms with Crippen LogP contribution in [-0.4, -0.2) is 12.0 Å². The van der Waals surface area contributed by atoms with E-state index in [0.717, 1.165) is 0 Å². The van der Waals surface area contributed by atoms with Gasteiger partial charge in [0, 0.05) is 6.42 Å². The highest BCUT2D eigenvalue weighted by Gasteiger charge is 1.98. The monoisotopic (exact) mass is 129 g/mol. The third-order valence-corrected chi connectivity index (χ3v) is 2.02. The summed E-state index contributed by atoms with van der Waals surface area (Å²) in [5.41, 5.74) is 0. The summed E-state index contributed by atoms with van der Waals surface area (Å²) in [5, 5.41) is 8.73. The third-order valence-electron chi connectivity index (χ3n) is 0.844. The fourth-order valence-electron chi connectivity index (χ4n) is 0.372. The Bertz CT molecular complexity index is 141. The van der Waals surface area contributed by atoms with Gasteiger partial charge >= 0.3 is 0 Å². The second-order valence-electron chi connectivity index (χ2n) is 1.41. The van der Waals surface area contributed by atoms with Crippen molar-refractivity contribution in [3.8, 4) is 6.07 Å². The minimum Gasteiger partial charge on any atom is -0.630 e. The van der Waals surface area contributed by atoms with E-state index in [4.69, 9.17) is 5.26 Å². The summed E-state index contributed by atoms with van der Waals surface area (Å²) in [4.78, 5) is 10.5. The maximum atomic E-state index is 10.5. The fourth-order valence-corrected chi connectivity index (χ4v) is 0.958. The highest BCUT2D eigenvalue weighted by molar-refractivity contribution is 7.51. The molecule has 0 N–H and O–H groups in total. The largest absolute Gasteiger partial charge is 0.630 e. The molecule has 0 aromatic heterocycles. The average Bonchev–Trinajstić information content (AvgIpc) is 1.69. The van der Waals surface area contributed by atoms with Crippen LogP contribution in [0.3, 0.4) is 0 Å². The molecule has 0 amide bonds. The fraction of sp³-hybridized carbons (Fsp3) is 0.600. The molecule has 3 heteroatoms. The molecule has 0 saturated heterocycles. The van der Waals surface area contributed by atoms with E-state index in [-0.39, 0.29) is 0 Å². The lowest BCUT2D eigenvalue weighted by atomic mass is 10.4. The van der Waals surface area contributed by atoms with Crippen molar-refractivity contribution in [2.24, 2.45) is 0 Å². The quantitative estimate of drug-likeness (QED) is 0.483. The topological polar surface area (TPSA) is 46.8 Å². The van der Waals surface area contributed by atoms with Gasteiger partial charge in [0.2, 0.25) is 0 Å². The third kappa shape index (κ3) is 2.07. The van der Waals surface area contributed by atoms with E-state index in [0.29, 0.717) is 11.7 Å². The number of nitrogens with zero attached hydrogens (tertiary/aromatic N) is 1. The van der Waals surface area contributed by atoms with Crippen molar-refractivity contribution in [2.75, 3.05) is 6.66 Å². The summed E-state index contributed by atoms with van der Waals surface area (Å²) in [5.74, 6) is 0. The first-order chi connectivity index (χ1) is 3.72. The summed E-state index contributed by atoms with van der Waals surface area (Å²) < 4.78 is 0. The predicted octanol–water partition coefficient (Wildman–Crippen LogP) is 0.479. The molecule has 0 aliphatic carbocycles. The van der Waals surface area contributed by atoms with Gasteiger partial charge < -0.3 is 4.89 Å². The van der Waals surface area contributed by atoms with E-state index in [1.807, 2.05) is 13.0 Å². The molecule has 1 unspecified atom stereocenters. The predicted molar refractivity (Wildman–Crippen MR) is 33.8 cm³/mol. The maximum absolute atomic E-state index is 10.5. The number of hydrogen-bond donors (Lipinski definition) is 0. The Labute approximate surface area is 50.2 Å². The van der Waals surface area contributed by atoms with Crippen molar-refractivity contribution in [1.82, 2.24) is 0 Å². The van der Waals surface area contributed by atoms with Gasteiger partial charge in [-0.15, -0.1) is 0 Å². The van der Waals surface area contributed by atoms with E-state index in [2.05, 4.69) is 0 Å². The van der Waals surface area contributed by atoms with Crippen LogP contribution < -0.4 is 4.89 Å². The Hall–Kier alpha value is -0.380. The van der Waals surface area contributed by atoms with Crippen molar-refractivity contribution in [1.29, 1.82) is 5.26 Å². The molecule has 8 heavy (non-hydrogen) atoms. The highest BCUT2D eigenvalue weighted by atomic mass is 31.1. The van der Waals surface area contributed by atoms with Crippen molar-refractivity contribution in [3.63, 3.8) is 0 Å². The SMILES string of the molecule is CC/C(C#N)=[P+](\C)[O-]. The van der Waals surface area contributed by atoms with Crippen LogP contribution >= 0.6 is 7.77 Å². The van der Waals surface area contributed by atoms with Crippen LogP contribution in [0.2, 0.25) is 0 Å². The van der Waals surface area contributed by atoms with E-state index >= 15 is 0 Å². The van der Waals surface area contributed by atoms with Gasteiger partial charge in [-0.25, -0.2) is 0 Å². The first kappa shape index (κ1) is 7.62. The van der Waals surface area contributed by atoms with Crippen LogP contribution in [0.5, 0.6) is 0 Å². The van der Waals surface area contributed by atoms with Crippen molar-refractivity contribution < 1.29 is 4.89 Å². The molecule has 0 fully saturated rings. The molecule has 0 bridgehead atoms. The van der Waals surface area contributed by atoms with Gasteiger partial charge in [0.1, 0.15) is 6.07 Å². The maximum Gasteiger partial charge on any atom is 0.192 e. The molecular formula is C5H8NOP. The standard InChI is InChI=1S/C5H8NOP/c1-3-5(4-6)8(2)7/h3H2,1-2H3. The second kappa shape index (κ2) is 3.60. The number of rotatable bonds is 1. The molecule has 0 heterocycles. The number of hydrogen-bond acceptors (Lipinski definition) is 2. The minimum atomic E-state index is -1.36. The Morgan fingerprint density at radius 3 is 2.38 bits per heavy atom. The molecule has 0 radical (unpaired) electrons. The summed E-state index contributed by atoms with van der Waals surface area (Å²) >= 11 is 0. The zero-order chi connectivity index (χ0) is 6.57. The van der Waals surface area contributed by atoms with E-state index in [1.54, 1.807) is 6.66 Å². The second-order valence-corrected chi connectivity index (χ2v) is 2.94. The van der Waals surface area contributed by atoms with Gasteiger partial charge in [-0.3, -0.25) is 0 Å². The van der Waals surface area contributed by atoms with Gasteiger partial charge in [0.15, 0.2) is 5.29 Å². The molecule has 0 aromatic rings. The van der Waals surface area contributed by atoms with E-state index in [1.165, 1.54) is 0 Å². The lowest BCUT2D eigenvalue weighted by Gasteiger charge is -1.88. The van der Waals surface area contributed by atoms with Crippen LogP contribution in [0.25, 0.3) is 0 Å². The zero-order valence-corrected chi connectivity index (χ0v) is 5.90. The first-order valence-corrected chi connectivity index (χ1v) is 4.09. The lowest BCUT2D eigenvalue weighted by Crippen LogP contribution is -1.96. The van der Waals surface area contributed by atoms with E-state index < -0.39 is 7.77 Å². The minimum absolute atomic E-state index is 0.500. The highest BCUT2D eigenvalue weighted by Crippen LogP contribution is 2.07. The van der Waals surface area contributed by atoms with Crippen LogP contribution in [0.4, 0.5) is 0 Å². The molecule has 0 saturated carbocycles. The van der Waals surface area contributed by atoms with Crippen molar-refractivity contribution in [2.45, 2.75) is 13.3 Å². The first-order valence-electron chi connectivity index (χ1n) is 2.39. The van der Waals surface area contributed by atoms with Crippen LogP contribution in [0.15, 0.2) is 0 Å². The van der Waals surface area contributed by atoms with Gasteiger partial charge in [-0.2, -0.15) is 5.26 Å². The summed E-state index contributed by atoms with van der Waals surface area (Å²) in [6, 6.07) is 1.88. The molecule has 2 nitrogen and oxygen atoms in total. The molecule has 44 valence electrons. The van der Waals surface area contributed by atoms with Gasteiger partial charge in [0.05, 0.1) is 14.4 Å². The summed E-state index contributed by atoms with van der Waals surface area (Å²) in [6.45, 7) is 3.38.